The highest BCUT2D eigenvalue weighted by Crippen LogP contribution is 2.40. The van der Waals surface area contributed by atoms with Crippen LogP contribution in [0.4, 0.5) is 26.1 Å². The minimum atomic E-state index is -1.17. The van der Waals surface area contributed by atoms with E-state index in [4.69, 9.17) is 37.4 Å². The minimum absolute atomic E-state index is 0.0852. The van der Waals surface area contributed by atoms with Crippen molar-refractivity contribution in [2.75, 3.05) is 42.0 Å². The lowest BCUT2D eigenvalue weighted by Crippen LogP contribution is -2.42. The number of aliphatic hydroxyl groups is 3. The van der Waals surface area contributed by atoms with Crippen molar-refractivity contribution in [1.82, 2.24) is 9.97 Å². The summed E-state index contributed by atoms with van der Waals surface area (Å²) in [6.07, 6.45) is 5.33. The highest BCUT2D eigenvalue weighted by molar-refractivity contribution is 7.99. The van der Waals surface area contributed by atoms with Crippen molar-refractivity contribution in [1.29, 1.82) is 0 Å². The topological polar surface area (TPSA) is 177 Å². The first-order valence-electron chi connectivity index (χ1n) is 14.6. The van der Waals surface area contributed by atoms with E-state index in [1.165, 1.54) is 19.1 Å². The van der Waals surface area contributed by atoms with Gasteiger partial charge in [0.1, 0.15) is 12.0 Å². The molecule has 1 aliphatic rings. The molecule has 3 rings (SSSR count). The molecule has 242 valence electrons. The summed E-state index contributed by atoms with van der Waals surface area (Å²) >= 11 is 1.54. The fraction of sp³-hybridized carbons (Fsp3) is 0.655. The average Bonchev–Trinajstić information content (AvgIpc) is 3.81. The number of hydrazine groups is 1. The number of aliphatic hydroxyl groups excluding tert-OH is 2. The van der Waals surface area contributed by atoms with Crippen LogP contribution in [0.1, 0.15) is 91.0 Å². The van der Waals surface area contributed by atoms with Gasteiger partial charge in [0.15, 0.2) is 28.4 Å². The summed E-state index contributed by atoms with van der Waals surface area (Å²) < 4.78 is 30.5. The van der Waals surface area contributed by atoms with Gasteiger partial charge >= 0.3 is 0 Å². The summed E-state index contributed by atoms with van der Waals surface area (Å²) in [5.41, 5.74) is 13.2. The number of nitrogen functional groups attached to an aromatic ring is 2. The van der Waals surface area contributed by atoms with Crippen molar-refractivity contribution in [2.24, 2.45) is 5.84 Å². The number of thioether (sulfide) groups is 1. The number of hydrogen-bond donors (Lipinski definition) is 6. The van der Waals surface area contributed by atoms with E-state index < -0.39 is 17.9 Å². The smallest absolute Gasteiger partial charge is 0.191 e. The van der Waals surface area contributed by atoms with Gasteiger partial charge in [0.05, 0.1) is 0 Å². The third kappa shape index (κ3) is 16.4. The van der Waals surface area contributed by atoms with Crippen LogP contribution in [0, 0.1) is 11.6 Å². The number of nitrogens with two attached hydrogens (primary N) is 3. The molecule has 0 saturated heterocycles. The molecule has 1 aromatic carbocycles. The minimum Gasteiger partial charge on any atom is -0.396 e. The van der Waals surface area contributed by atoms with Crippen molar-refractivity contribution >= 4 is 29.1 Å². The predicted octanol–water partition coefficient (Wildman–Crippen LogP) is 4.97. The fourth-order valence-electron chi connectivity index (χ4n) is 3.49. The SMILES string of the molecule is CC.CC(O)O.CCCSc1nc(N)c(N)c(N(N)C(CC)CCCOCCCO)n1.Fc1ccc(C2CC2)cc1F. The maximum atomic E-state index is 12.6. The average molecular weight is 619 g/mol. The van der Waals surface area contributed by atoms with Crippen molar-refractivity contribution in [3.63, 3.8) is 0 Å². The Hall–Kier alpha value is -2.29. The number of hydrogen-bond acceptors (Lipinski definition) is 11. The molecule has 1 fully saturated rings. The molecule has 9 N–H and O–H groups in total. The summed E-state index contributed by atoms with van der Waals surface area (Å²) in [5, 5.41) is 26.2. The second-order valence-electron chi connectivity index (χ2n) is 9.36. The van der Waals surface area contributed by atoms with Gasteiger partial charge < -0.3 is 31.5 Å². The number of nitrogens with zero attached hydrogens (tertiary/aromatic N) is 3. The van der Waals surface area contributed by atoms with Crippen LogP contribution in [-0.2, 0) is 4.74 Å². The fourth-order valence-corrected chi connectivity index (χ4v) is 4.19. The molecular formula is C29H52F2N6O4S. The molecule has 2 aromatic rings. The summed E-state index contributed by atoms with van der Waals surface area (Å²) in [6.45, 7) is 10.8. The van der Waals surface area contributed by atoms with E-state index in [0.29, 0.717) is 42.2 Å². The van der Waals surface area contributed by atoms with E-state index >= 15 is 0 Å². The molecule has 1 heterocycles. The lowest BCUT2D eigenvalue weighted by atomic mass is 10.1. The Morgan fingerprint density at radius 2 is 1.69 bits per heavy atom. The molecule has 13 heteroatoms. The van der Waals surface area contributed by atoms with Crippen molar-refractivity contribution < 1.29 is 28.8 Å². The summed E-state index contributed by atoms with van der Waals surface area (Å²) in [6, 6.07) is 4.24. The standard InChI is InChI=1S/C16H32N6O2S.C9H8F2.C2H6O2.C2H6/c1-3-11-25-16-20-14(18)13(17)15(21-16)22(19)12(4-2)7-5-9-24-10-6-8-23;10-8-4-3-7(5-9(8)11)6-1-2-6;1-2(3)4;1-2/h12,23H,3-11,17,19H2,1-2H3,(H2,18,20,21);3-6H,1-2H2;2-4H,1H3;1-2H3. The van der Waals surface area contributed by atoms with E-state index in [2.05, 4.69) is 23.8 Å². The molecule has 1 unspecified atom stereocenters. The Balaban J connectivity index is 0.000000804. The largest absolute Gasteiger partial charge is 0.396 e. The Morgan fingerprint density at radius 3 is 2.21 bits per heavy atom. The van der Waals surface area contributed by atoms with E-state index in [0.717, 1.165) is 49.8 Å². The van der Waals surface area contributed by atoms with Crippen molar-refractivity contribution in [2.45, 2.75) is 103 Å². The first-order chi connectivity index (χ1) is 20.0. The lowest BCUT2D eigenvalue weighted by Gasteiger charge is -2.29. The van der Waals surface area contributed by atoms with Crippen LogP contribution in [0.15, 0.2) is 23.4 Å². The number of aromatic nitrogens is 2. The van der Waals surface area contributed by atoms with Gasteiger partial charge in [-0.25, -0.2) is 24.6 Å². The molecule has 1 aliphatic carbocycles. The van der Waals surface area contributed by atoms with Crippen molar-refractivity contribution in [3.8, 4) is 0 Å². The zero-order valence-corrected chi connectivity index (χ0v) is 26.5. The second kappa shape index (κ2) is 23.2. The Morgan fingerprint density at radius 1 is 1.07 bits per heavy atom. The monoisotopic (exact) mass is 618 g/mol. The molecule has 1 saturated carbocycles. The molecule has 0 bridgehead atoms. The number of halogens is 2. The zero-order valence-electron chi connectivity index (χ0n) is 25.7. The quantitative estimate of drug-likeness (QED) is 0.0421. The summed E-state index contributed by atoms with van der Waals surface area (Å²) in [4.78, 5) is 8.72. The van der Waals surface area contributed by atoms with Gasteiger partial charge in [-0.3, -0.25) is 5.01 Å². The maximum absolute atomic E-state index is 12.6. The van der Waals surface area contributed by atoms with Crippen LogP contribution in [-0.4, -0.2) is 63.2 Å². The van der Waals surface area contributed by atoms with Crippen LogP contribution >= 0.6 is 11.8 Å². The van der Waals surface area contributed by atoms with Gasteiger partial charge in [-0.1, -0.05) is 45.5 Å². The first kappa shape index (κ1) is 39.7. The molecular weight excluding hydrogens is 566 g/mol. The normalized spacial score (nSPS) is 12.8. The number of anilines is 3. The van der Waals surface area contributed by atoms with Gasteiger partial charge in [0.25, 0.3) is 0 Å². The molecule has 1 aromatic heterocycles. The molecule has 0 spiro atoms. The number of rotatable bonds is 14. The van der Waals surface area contributed by atoms with Crippen LogP contribution in [0.3, 0.4) is 0 Å². The Labute approximate surface area is 254 Å². The molecule has 10 nitrogen and oxygen atoms in total. The highest BCUT2D eigenvalue weighted by atomic mass is 32.2. The number of benzene rings is 1. The van der Waals surface area contributed by atoms with Gasteiger partial charge in [-0.2, -0.15) is 0 Å². The third-order valence-corrected chi connectivity index (χ3v) is 6.80. The Kier molecular flexibility index (Phi) is 21.9. The maximum Gasteiger partial charge on any atom is 0.191 e. The van der Waals surface area contributed by atoms with Crippen molar-refractivity contribution in [3.05, 3.63) is 35.4 Å². The molecule has 42 heavy (non-hydrogen) atoms. The van der Waals surface area contributed by atoms with Gasteiger partial charge in [-0.05, 0) is 75.5 Å². The summed E-state index contributed by atoms with van der Waals surface area (Å²) in [7, 11) is 0. The Bertz CT molecular complexity index is 987. The predicted molar refractivity (Wildman–Crippen MR) is 168 cm³/mol. The van der Waals surface area contributed by atoms with Gasteiger partial charge in [0.2, 0.25) is 0 Å². The first-order valence-corrected chi connectivity index (χ1v) is 15.6. The zero-order chi connectivity index (χ0) is 32.1. The summed E-state index contributed by atoms with van der Waals surface area (Å²) in [5.74, 6) is 6.97. The van der Waals surface area contributed by atoms with Crippen LogP contribution in [0.5, 0.6) is 0 Å². The number of ether oxygens (including phenoxy) is 1. The van der Waals surface area contributed by atoms with E-state index in [-0.39, 0.29) is 18.5 Å². The van der Waals surface area contributed by atoms with Gasteiger partial charge in [-0.15, -0.1) is 0 Å². The van der Waals surface area contributed by atoms with E-state index in [9.17, 15) is 8.78 Å². The molecule has 1 atom stereocenters. The second-order valence-corrected chi connectivity index (χ2v) is 10.4. The van der Waals surface area contributed by atoms with Crippen LogP contribution in [0.25, 0.3) is 0 Å². The third-order valence-electron chi connectivity index (χ3n) is 5.74. The lowest BCUT2D eigenvalue weighted by molar-refractivity contribution is -0.0228. The van der Waals surface area contributed by atoms with E-state index in [1.807, 2.05) is 13.8 Å². The van der Waals surface area contributed by atoms with E-state index in [1.54, 1.807) is 22.8 Å². The van der Waals surface area contributed by atoms with Crippen LogP contribution < -0.4 is 22.3 Å². The molecule has 0 radical (unpaired) electrons. The van der Waals surface area contributed by atoms with Crippen LogP contribution in [0.2, 0.25) is 0 Å². The highest BCUT2D eigenvalue weighted by Gasteiger charge is 2.24. The molecule has 0 aliphatic heterocycles. The molecule has 0 amide bonds. The van der Waals surface area contributed by atoms with Gasteiger partial charge in [0, 0.05) is 31.6 Å².